The van der Waals surface area contributed by atoms with E-state index in [1.807, 2.05) is 36.4 Å². The molecule has 0 aliphatic carbocycles. The van der Waals surface area contributed by atoms with Gasteiger partial charge in [-0.1, -0.05) is 31.2 Å². The maximum absolute atomic E-state index is 5.88. The fraction of sp³-hybridized carbons (Fsp3) is 0.250. The van der Waals surface area contributed by atoms with Crippen LogP contribution in [-0.2, 0) is 13.0 Å². The second kappa shape index (κ2) is 6.62. The summed E-state index contributed by atoms with van der Waals surface area (Å²) in [6, 6.07) is 14.1. The zero-order valence-corrected chi connectivity index (χ0v) is 12.7. The van der Waals surface area contributed by atoms with E-state index in [1.165, 1.54) is 5.56 Å². The Hall–Kier alpha value is -1.48. The summed E-state index contributed by atoms with van der Waals surface area (Å²) in [6.07, 6.45) is 0.975. The monoisotopic (exact) mass is 320 g/mol. The predicted molar refractivity (Wildman–Crippen MR) is 80.8 cm³/mol. The molecule has 0 spiro atoms. The molecule has 2 rings (SSSR count). The van der Waals surface area contributed by atoms with E-state index >= 15 is 0 Å². The topological polar surface area (TPSA) is 18.5 Å². The molecule has 0 heterocycles. The number of hydrogen-bond donors (Lipinski definition) is 0. The molecule has 2 nitrogen and oxygen atoms in total. The Labute approximate surface area is 122 Å². The molecule has 0 aliphatic rings. The van der Waals surface area contributed by atoms with Crippen molar-refractivity contribution in [1.29, 1.82) is 0 Å². The zero-order chi connectivity index (χ0) is 13.7. The summed E-state index contributed by atoms with van der Waals surface area (Å²) >= 11 is 3.48. The number of halogens is 1. The van der Waals surface area contributed by atoms with Gasteiger partial charge in [0.15, 0.2) is 0 Å². The molecule has 0 saturated carbocycles. The second-order valence-electron chi connectivity index (χ2n) is 4.22. The Kier molecular flexibility index (Phi) is 4.86. The summed E-state index contributed by atoms with van der Waals surface area (Å²) in [5, 5.41) is 0. The molecule has 100 valence electrons. The van der Waals surface area contributed by atoms with E-state index < -0.39 is 0 Å². The van der Waals surface area contributed by atoms with Crippen LogP contribution < -0.4 is 9.47 Å². The van der Waals surface area contributed by atoms with Gasteiger partial charge in [-0.25, -0.2) is 0 Å². The lowest BCUT2D eigenvalue weighted by atomic mass is 10.1. The summed E-state index contributed by atoms with van der Waals surface area (Å²) in [7, 11) is 1.66. The third-order valence-corrected chi connectivity index (χ3v) is 3.58. The fourth-order valence-corrected chi connectivity index (χ4v) is 2.49. The first-order valence-corrected chi connectivity index (χ1v) is 7.07. The van der Waals surface area contributed by atoms with Crippen LogP contribution in [-0.4, -0.2) is 7.11 Å². The third-order valence-electron chi connectivity index (χ3n) is 2.96. The molecule has 0 saturated heterocycles. The summed E-state index contributed by atoms with van der Waals surface area (Å²) < 4.78 is 12.0. The highest BCUT2D eigenvalue weighted by atomic mass is 79.9. The van der Waals surface area contributed by atoms with Gasteiger partial charge in [-0.15, -0.1) is 0 Å². The van der Waals surface area contributed by atoms with Crippen molar-refractivity contribution in [3.63, 3.8) is 0 Å². The van der Waals surface area contributed by atoms with E-state index in [1.54, 1.807) is 7.11 Å². The van der Waals surface area contributed by atoms with Gasteiger partial charge in [0, 0.05) is 0 Å². The van der Waals surface area contributed by atoms with Gasteiger partial charge in [-0.3, -0.25) is 0 Å². The largest absolute Gasteiger partial charge is 0.496 e. The maximum Gasteiger partial charge on any atom is 0.133 e. The number of aryl methyl sites for hydroxylation is 1. The van der Waals surface area contributed by atoms with Crippen LogP contribution >= 0.6 is 15.9 Å². The highest BCUT2D eigenvalue weighted by Crippen LogP contribution is 2.26. The smallest absolute Gasteiger partial charge is 0.133 e. The Morgan fingerprint density at radius 3 is 2.53 bits per heavy atom. The van der Waals surface area contributed by atoms with Crippen molar-refractivity contribution in [2.45, 2.75) is 20.0 Å². The quantitative estimate of drug-likeness (QED) is 0.801. The van der Waals surface area contributed by atoms with Gasteiger partial charge in [0.05, 0.1) is 11.6 Å². The zero-order valence-electron chi connectivity index (χ0n) is 11.2. The molecular weight excluding hydrogens is 304 g/mol. The Bertz CT molecular complexity index is 552. The van der Waals surface area contributed by atoms with Crippen LogP contribution in [0.1, 0.15) is 18.1 Å². The van der Waals surface area contributed by atoms with Crippen LogP contribution in [0.4, 0.5) is 0 Å². The van der Waals surface area contributed by atoms with Crippen molar-refractivity contribution in [3.05, 3.63) is 58.1 Å². The van der Waals surface area contributed by atoms with Crippen molar-refractivity contribution < 1.29 is 9.47 Å². The maximum atomic E-state index is 5.88. The molecule has 3 heteroatoms. The number of hydrogen-bond acceptors (Lipinski definition) is 2. The number of benzene rings is 2. The molecule has 0 aliphatic heterocycles. The van der Waals surface area contributed by atoms with Crippen LogP contribution in [0.15, 0.2) is 46.9 Å². The number of ether oxygens (including phenoxy) is 2. The van der Waals surface area contributed by atoms with Gasteiger partial charge in [-0.2, -0.15) is 0 Å². The lowest BCUT2D eigenvalue weighted by Gasteiger charge is -2.11. The first kappa shape index (κ1) is 13.9. The van der Waals surface area contributed by atoms with Gasteiger partial charge in [-0.05, 0) is 51.7 Å². The first-order valence-electron chi connectivity index (χ1n) is 6.27. The minimum Gasteiger partial charge on any atom is -0.496 e. The molecule has 0 N–H and O–H groups in total. The van der Waals surface area contributed by atoms with Gasteiger partial charge >= 0.3 is 0 Å². The van der Waals surface area contributed by atoms with Gasteiger partial charge in [0.2, 0.25) is 0 Å². The highest BCUT2D eigenvalue weighted by molar-refractivity contribution is 9.10. The van der Waals surface area contributed by atoms with Crippen LogP contribution in [0, 0.1) is 0 Å². The second-order valence-corrected chi connectivity index (χ2v) is 5.07. The van der Waals surface area contributed by atoms with Gasteiger partial charge < -0.3 is 9.47 Å². The lowest BCUT2D eigenvalue weighted by molar-refractivity contribution is 0.303. The van der Waals surface area contributed by atoms with E-state index in [2.05, 4.69) is 28.9 Å². The molecule has 0 fully saturated rings. The average Bonchev–Trinajstić information content (AvgIpc) is 2.45. The van der Waals surface area contributed by atoms with Crippen molar-refractivity contribution in [2.24, 2.45) is 0 Å². The van der Waals surface area contributed by atoms with Crippen molar-refractivity contribution in [1.82, 2.24) is 0 Å². The molecule has 0 atom stereocenters. The normalized spacial score (nSPS) is 10.3. The van der Waals surface area contributed by atoms with E-state index in [-0.39, 0.29) is 0 Å². The highest BCUT2D eigenvalue weighted by Gasteiger charge is 2.04. The Balaban J connectivity index is 2.08. The number of para-hydroxylation sites is 1. The molecular formula is C16H17BrO2. The van der Waals surface area contributed by atoms with Gasteiger partial charge in [0.1, 0.15) is 18.1 Å². The fourth-order valence-electron chi connectivity index (χ4n) is 1.90. The lowest BCUT2D eigenvalue weighted by Crippen LogP contribution is -1.98. The molecule has 2 aromatic rings. The summed E-state index contributed by atoms with van der Waals surface area (Å²) in [4.78, 5) is 0. The molecule has 0 radical (unpaired) electrons. The van der Waals surface area contributed by atoms with Crippen molar-refractivity contribution >= 4 is 15.9 Å². The summed E-state index contributed by atoms with van der Waals surface area (Å²) in [5.74, 6) is 1.79. The van der Waals surface area contributed by atoms with Crippen LogP contribution in [0.25, 0.3) is 0 Å². The number of rotatable bonds is 5. The molecule has 0 amide bonds. The number of methoxy groups -OCH3 is 1. The standard InChI is InChI=1S/C16H17BrO2/c1-3-13-6-4-5-7-15(13)19-11-12-8-9-16(18-2)14(17)10-12/h4-10H,3,11H2,1-2H3. The van der Waals surface area contributed by atoms with E-state index in [0.717, 1.165) is 28.0 Å². The van der Waals surface area contributed by atoms with Crippen LogP contribution in [0.2, 0.25) is 0 Å². The van der Waals surface area contributed by atoms with Crippen LogP contribution in [0.3, 0.4) is 0 Å². The van der Waals surface area contributed by atoms with Gasteiger partial charge in [0.25, 0.3) is 0 Å². The van der Waals surface area contributed by atoms with Crippen molar-refractivity contribution in [3.8, 4) is 11.5 Å². The summed E-state index contributed by atoms with van der Waals surface area (Å²) in [6.45, 7) is 2.69. The molecule has 0 aromatic heterocycles. The third kappa shape index (κ3) is 3.51. The van der Waals surface area contributed by atoms with E-state index in [0.29, 0.717) is 6.61 Å². The summed E-state index contributed by atoms with van der Waals surface area (Å²) in [5.41, 5.74) is 2.34. The predicted octanol–water partition coefficient (Wildman–Crippen LogP) is 4.60. The average molecular weight is 321 g/mol. The molecule has 2 aromatic carbocycles. The Morgan fingerprint density at radius 2 is 1.84 bits per heavy atom. The van der Waals surface area contributed by atoms with E-state index in [9.17, 15) is 0 Å². The molecule has 0 unspecified atom stereocenters. The van der Waals surface area contributed by atoms with Crippen LogP contribution in [0.5, 0.6) is 11.5 Å². The molecule has 0 bridgehead atoms. The van der Waals surface area contributed by atoms with E-state index in [4.69, 9.17) is 9.47 Å². The minimum atomic E-state index is 0.555. The van der Waals surface area contributed by atoms with Crippen molar-refractivity contribution in [2.75, 3.05) is 7.11 Å². The minimum absolute atomic E-state index is 0.555. The Morgan fingerprint density at radius 1 is 1.05 bits per heavy atom. The molecule has 19 heavy (non-hydrogen) atoms. The SMILES string of the molecule is CCc1ccccc1OCc1ccc(OC)c(Br)c1. The first-order chi connectivity index (χ1) is 9.24.